The Hall–Kier alpha value is -2.25. The number of nitrogens with zero attached hydrogens (tertiary/aromatic N) is 4. The van der Waals surface area contributed by atoms with E-state index in [1.165, 1.54) is 12.8 Å². The Balaban J connectivity index is 1.67. The first-order chi connectivity index (χ1) is 12.6. The molecule has 1 aromatic carbocycles. The number of aryl methyl sites for hydroxylation is 1. The molecule has 0 spiro atoms. The Kier molecular flexibility index (Phi) is 3.62. The molecule has 3 fully saturated rings. The fourth-order valence-corrected chi connectivity index (χ4v) is 5.17. The van der Waals surface area contributed by atoms with Gasteiger partial charge in [-0.2, -0.15) is 5.10 Å². The highest BCUT2D eigenvalue weighted by atomic mass is 32.1. The van der Waals surface area contributed by atoms with Gasteiger partial charge in [-0.25, -0.2) is 9.78 Å². The number of carboxylic acids is 1. The summed E-state index contributed by atoms with van der Waals surface area (Å²) < 4.78 is 1.98. The average molecular weight is 368 g/mol. The second-order valence-corrected chi connectivity index (χ2v) is 8.19. The SMILES string of the molecule is Cc1csc(-c2ccc3c(C(=O)O)nn([C@H]4CN5CCC4CC5)c3c2)n1. The number of aromatic nitrogens is 3. The van der Waals surface area contributed by atoms with E-state index in [4.69, 9.17) is 0 Å². The maximum absolute atomic E-state index is 11.7. The van der Waals surface area contributed by atoms with Gasteiger partial charge in [0.15, 0.2) is 5.69 Å². The van der Waals surface area contributed by atoms with Crippen molar-refractivity contribution in [2.24, 2.45) is 5.92 Å². The van der Waals surface area contributed by atoms with Crippen molar-refractivity contribution in [1.29, 1.82) is 0 Å². The van der Waals surface area contributed by atoms with Crippen LogP contribution in [0.2, 0.25) is 0 Å². The largest absolute Gasteiger partial charge is 0.476 e. The van der Waals surface area contributed by atoms with Crippen LogP contribution in [0.1, 0.15) is 35.1 Å². The molecule has 26 heavy (non-hydrogen) atoms. The Labute approximate surface area is 155 Å². The second-order valence-electron chi connectivity index (χ2n) is 7.33. The van der Waals surface area contributed by atoms with Gasteiger partial charge < -0.3 is 10.0 Å². The third-order valence-electron chi connectivity index (χ3n) is 5.71. The molecule has 3 saturated heterocycles. The normalized spacial score (nSPS) is 25.0. The monoisotopic (exact) mass is 368 g/mol. The number of aromatic carboxylic acids is 1. The molecule has 0 saturated carbocycles. The van der Waals surface area contributed by atoms with E-state index >= 15 is 0 Å². The molecule has 5 heterocycles. The van der Waals surface area contributed by atoms with E-state index < -0.39 is 5.97 Å². The van der Waals surface area contributed by atoms with Gasteiger partial charge in [0.05, 0.1) is 11.6 Å². The minimum absolute atomic E-state index is 0.151. The van der Waals surface area contributed by atoms with Gasteiger partial charge in [0, 0.05) is 28.6 Å². The van der Waals surface area contributed by atoms with Crippen LogP contribution in [-0.4, -0.2) is 50.4 Å². The van der Waals surface area contributed by atoms with Gasteiger partial charge in [0.1, 0.15) is 5.01 Å². The van der Waals surface area contributed by atoms with Gasteiger partial charge in [0.2, 0.25) is 0 Å². The van der Waals surface area contributed by atoms with Gasteiger partial charge >= 0.3 is 5.97 Å². The summed E-state index contributed by atoms with van der Waals surface area (Å²) in [7, 11) is 0. The van der Waals surface area contributed by atoms with Gasteiger partial charge in [-0.05, 0) is 50.9 Å². The zero-order valence-electron chi connectivity index (χ0n) is 14.6. The summed E-state index contributed by atoms with van der Waals surface area (Å²) in [4.78, 5) is 18.8. The third-order valence-corrected chi connectivity index (χ3v) is 6.72. The smallest absolute Gasteiger partial charge is 0.357 e. The molecule has 0 radical (unpaired) electrons. The van der Waals surface area contributed by atoms with Crippen molar-refractivity contribution in [2.45, 2.75) is 25.8 Å². The minimum atomic E-state index is -0.965. The van der Waals surface area contributed by atoms with E-state index in [1.807, 2.05) is 29.1 Å². The van der Waals surface area contributed by atoms with Crippen LogP contribution < -0.4 is 0 Å². The van der Waals surface area contributed by atoms with E-state index in [9.17, 15) is 9.90 Å². The van der Waals surface area contributed by atoms with Crippen LogP contribution in [0.5, 0.6) is 0 Å². The van der Waals surface area contributed by atoms with Crippen LogP contribution in [0.25, 0.3) is 21.5 Å². The number of carboxylic acid groups (broad SMARTS) is 1. The number of benzene rings is 1. The third kappa shape index (κ3) is 2.46. The summed E-state index contributed by atoms with van der Waals surface area (Å²) in [5, 5.41) is 17.9. The number of rotatable bonds is 3. The molecule has 3 aromatic rings. The minimum Gasteiger partial charge on any atom is -0.476 e. The van der Waals surface area contributed by atoms with Crippen LogP contribution in [0.3, 0.4) is 0 Å². The standard InChI is InChI=1S/C19H20N4O2S/c1-11-10-26-18(20-11)13-2-3-14-15(8-13)23(21-17(14)19(24)25)16-9-22-6-4-12(16)5-7-22/h2-3,8,10,12,16H,4-7,9H2,1H3,(H,24,25)/t16-/m0/s1. The first-order valence-corrected chi connectivity index (χ1v) is 9.88. The van der Waals surface area contributed by atoms with E-state index in [0.29, 0.717) is 11.3 Å². The van der Waals surface area contributed by atoms with Crippen molar-refractivity contribution in [3.05, 3.63) is 35.0 Å². The summed E-state index contributed by atoms with van der Waals surface area (Å²) in [6, 6.07) is 6.15. The molecule has 3 aliphatic heterocycles. The van der Waals surface area contributed by atoms with Crippen LogP contribution in [0, 0.1) is 12.8 Å². The zero-order valence-corrected chi connectivity index (χ0v) is 15.4. The van der Waals surface area contributed by atoms with E-state index in [1.54, 1.807) is 11.3 Å². The predicted octanol–water partition coefficient (Wildman–Crippen LogP) is 3.43. The van der Waals surface area contributed by atoms with Crippen molar-refractivity contribution in [2.75, 3.05) is 19.6 Å². The molecular formula is C19H20N4O2S. The van der Waals surface area contributed by atoms with Crippen molar-refractivity contribution in [3.63, 3.8) is 0 Å². The van der Waals surface area contributed by atoms with Crippen molar-refractivity contribution >= 4 is 28.2 Å². The van der Waals surface area contributed by atoms with Crippen LogP contribution in [0.4, 0.5) is 0 Å². The molecule has 1 N–H and O–H groups in total. The number of hydrogen-bond donors (Lipinski definition) is 1. The maximum Gasteiger partial charge on any atom is 0.357 e. The van der Waals surface area contributed by atoms with Crippen LogP contribution >= 0.6 is 11.3 Å². The lowest BCUT2D eigenvalue weighted by Crippen LogP contribution is -2.48. The van der Waals surface area contributed by atoms with Crippen molar-refractivity contribution in [1.82, 2.24) is 19.7 Å². The lowest BCUT2D eigenvalue weighted by Gasteiger charge is -2.44. The van der Waals surface area contributed by atoms with Crippen LogP contribution in [0.15, 0.2) is 23.6 Å². The highest BCUT2D eigenvalue weighted by Crippen LogP contribution is 2.38. The first kappa shape index (κ1) is 16.0. The summed E-state index contributed by atoms with van der Waals surface area (Å²) in [6.07, 6.45) is 2.33. The fraction of sp³-hybridized carbons (Fsp3) is 0.421. The lowest BCUT2D eigenvalue weighted by atomic mass is 9.84. The van der Waals surface area contributed by atoms with Gasteiger partial charge in [-0.15, -0.1) is 11.3 Å². The molecule has 3 aliphatic rings. The molecule has 6 rings (SSSR count). The lowest BCUT2D eigenvalue weighted by molar-refractivity contribution is 0.0523. The summed E-state index contributed by atoms with van der Waals surface area (Å²) in [6.45, 7) is 5.24. The quantitative estimate of drug-likeness (QED) is 0.767. The molecule has 0 aliphatic carbocycles. The van der Waals surface area contributed by atoms with Gasteiger partial charge in [0.25, 0.3) is 0 Å². The predicted molar refractivity (Wildman–Crippen MR) is 101 cm³/mol. The Morgan fingerprint density at radius 2 is 2.12 bits per heavy atom. The van der Waals surface area contributed by atoms with Crippen molar-refractivity contribution < 1.29 is 9.90 Å². The van der Waals surface area contributed by atoms with E-state index in [2.05, 4.69) is 21.0 Å². The molecule has 0 amide bonds. The molecule has 134 valence electrons. The fourth-order valence-electron chi connectivity index (χ4n) is 4.38. The van der Waals surface area contributed by atoms with Crippen LogP contribution in [-0.2, 0) is 0 Å². The molecule has 7 heteroatoms. The Morgan fingerprint density at radius 1 is 1.31 bits per heavy atom. The van der Waals surface area contributed by atoms with Gasteiger partial charge in [-0.3, -0.25) is 4.68 Å². The Bertz CT molecular complexity index is 1000. The highest BCUT2D eigenvalue weighted by molar-refractivity contribution is 7.13. The number of thiazole rings is 1. The topological polar surface area (TPSA) is 71.2 Å². The molecule has 1 atom stereocenters. The van der Waals surface area contributed by atoms with E-state index in [0.717, 1.165) is 41.4 Å². The number of hydrogen-bond acceptors (Lipinski definition) is 5. The number of carbonyl (C=O) groups is 1. The van der Waals surface area contributed by atoms with Gasteiger partial charge in [-0.1, -0.05) is 6.07 Å². The summed E-state index contributed by atoms with van der Waals surface area (Å²) >= 11 is 1.61. The average Bonchev–Trinajstić information content (AvgIpc) is 3.26. The maximum atomic E-state index is 11.7. The number of piperidine rings is 3. The van der Waals surface area contributed by atoms with E-state index in [-0.39, 0.29) is 11.7 Å². The molecule has 2 bridgehead atoms. The second kappa shape index (κ2) is 5.89. The zero-order chi connectivity index (χ0) is 17.8. The summed E-state index contributed by atoms with van der Waals surface area (Å²) in [5.74, 6) is -0.386. The number of fused-ring (bicyclic) bond motifs is 4. The molecule has 2 aromatic heterocycles. The first-order valence-electron chi connectivity index (χ1n) is 9.00. The highest BCUT2D eigenvalue weighted by Gasteiger charge is 2.37. The summed E-state index contributed by atoms with van der Waals surface area (Å²) in [5.41, 5.74) is 3.09. The Morgan fingerprint density at radius 3 is 2.73 bits per heavy atom. The molecular weight excluding hydrogens is 348 g/mol. The van der Waals surface area contributed by atoms with Crippen molar-refractivity contribution in [3.8, 4) is 10.6 Å². The molecule has 0 unspecified atom stereocenters. The molecule has 6 nitrogen and oxygen atoms in total.